The van der Waals surface area contributed by atoms with Crippen LogP contribution in [0.25, 0.3) is 21.7 Å². The monoisotopic (exact) mass is 459 g/mol. The molecule has 31 heavy (non-hydrogen) atoms. The highest BCUT2D eigenvalue weighted by atomic mass is 35.5. The quantitative estimate of drug-likeness (QED) is 0.413. The molecule has 0 saturated carbocycles. The maximum absolute atomic E-state index is 13.5. The number of aromatic amines is 1. The predicted octanol–water partition coefficient (Wildman–Crippen LogP) is 4.69. The van der Waals surface area contributed by atoms with Gasteiger partial charge in [0.05, 0.1) is 10.4 Å². The first-order valence-electron chi connectivity index (χ1n) is 10.1. The fourth-order valence-corrected chi connectivity index (χ4v) is 5.20. The van der Waals surface area contributed by atoms with E-state index in [0.29, 0.717) is 28.6 Å². The summed E-state index contributed by atoms with van der Waals surface area (Å²) in [6.45, 7) is 7.52. The van der Waals surface area contributed by atoms with Gasteiger partial charge in [0.1, 0.15) is 12.4 Å². The predicted molar refractivity (Wildman–Crippen MR) is 126 cm³/mol. The Kier molecular flexibility index (Phi) is 7.20. The maximum atomic E-state index is 13.5. The van der Waals surface area contributed by atoms with Gasteiger partial charge >= 0.3 is 0 Å². The average Bonchev–Trinajstić information content (AvgIpc) is 3.20. The molecular formula is C23H26ClN3O3S. The minimum Gasteiger partial charge on any atom is -0.492 e. The third-order valence-electron chi connectivity index (χ3n) is 5.36. The van der Waals surface area contributed by atoms with Crippen LogP contribution in [-0.2, 0) is 9.84 Å². The fraction of sp³-hybridized carbons (Fsp3) is 0.261. The molecule has 1 N–H and O–H groups in total. The van der Waals surface area contributed by atoms with Crippen LogP contribution < -0.4 is 4.74 Å². The van der Waals surface area contributed by atoms with E-state index >= 15 is 0 Å². The largest absolute Gasteiger partial charge is 0.492 e. The molecule has 0 amide bonds. The van der Waals surface area contributed by atoms with Crippen LogP contribution in [-0.4, -0.2) is 49.8 Å². The molecule has 0 aliphatic heterocycles. The van der Waals surface area contributed by atoms with E-state index in [2.05, 4.69) is 28.9 Å². The first-order chi connectivity index (χ1) is 14.5. The molecule has 6 nitrogen and oxygen atoms in total. The molecule has 0 spiro atoms. The number of H-pyrrole nitrogens is 1. The number of ether oxygens (including phenoxy) is 1. The van der Waals surface area contributed by atoms with Crippen LogP contribution in [0.2, 0.25) is 0 Å². The molecule has 0 bridgehead atoms. The molecular weight excluding hydrogens is 434 g/mol. The molecule has 0 atom stereocenters. The highest BCUT2D eigenvalue weighted by molar-refractivity contribution is 7.91. The molecule has 0 unspecified atom stereocenters. The smallest absolute Gasteiger partial charge is 0.226 e. The van der Waals surface area contributed by atoms with E-state index in [-0.39, 0.29) is 22.3 Å². The molecule has 1 aromatic heterocycles. The zero-order chi connectivity index (χ0) is 21.1. The number of halogens is 1. The Morgan fingerprint density at radius 2 is 1.71 bits per heavy atom. The van der Waals surface area contributed by atoms with Crippen LogP contribution in [0.5, 0.6) is 5.75 Å². The van der Waals surface area contributed by atoms with E-state index < -0.39 is 9.84 Å². The fourth-order valence-electron chi connectivity index (χ4n) is 3.63. The summed E-state index contributed by atoms with van der Waals surface area (Å²) in [7, 11) is -3.81. The third kappa shape index (κ3) is 4.54. The van der Waals surface area contributed by atoms with E-state index in [4.69, 9.17) is 4.74 Å². The summed E-state index contributed by atoms with van der Waals surface area (Å²) in [6, 6.07) is 18.1. The van der Waals surface area contributed by atoms with Crippen molar-refractivity contribution in [1.82, 2.24) is 15.1 Å². The van der Waals surface area contributed by atoms with Gasteiger partial charge in [-0.3, -0.25) is 5.10 Å². The Balaban J connectivity index is 0.00000272. The van der Waals surface area contributed by atoms with Crippen molar-refractivity contribution in [2.75, 3.05) is 26.2 Å². The first-order valence-corrected chi connectivity index (χ1v) is 11.6. The van der Waals surface area contributed by atoms with Crippen molar-refractivity contribution < 1.29 is 13.2 Å². The number of hydrogen-bond acceptors (Lipinski definition) is 5. The van der Waals surface area contributed by atoms with Gasteiger partial charge in [-0.25, -0.2) is 8.42 Å². The van der Waals surface area contributed by atoms with Crippen LogP contribution in [0.4, 0.5) is 0 Å². The number of fused-ring (bicyclic) bond motifs is 2. The lowest BCUT2D eigenvalue weighted by Gasteiger charge is -2.18. The van der Waals surface area contributed by atoms with Crippen molar-refractivity contribution >= 4 is 43.9 Å². The van der Waals surface area contributed by atoms with E-state index in [1.165, 1.54) is 0 Å². The molecule has 3 aromatic carbocycles. The van der Waals surface area contributed by atoms with Crippen LogP contribution in [0.15, 0.2) is 70.6 Å². The van der Waals surface area contributed by atoms with Crippen molar-refractivity contribution in [3.63, 3.8) is 0 Å². The van der Waals surface area contributed by atoms with Crippen molar-refractivity contribution in [2.45, 2.75) is 23.8 Å². The van der Waals surface area contributed by atoms with Crippen LogP contribution in [0, 0.1) is 0 Å². The number of benzene rings is 3. The van der Waals surface area contributed by atoms with Gasteiger partial charge < -0.3 is 9.64 Å². The normalized spacial score (nSPS) is 11.7. The lowest BCUT2D eigenvalue weighted by atomic mass is 10.1. The molecule has 8 heteroatoms. The summed E-state index contributed by atoms with van der Waals surface area (Å²) in [5.41, 5.74) is 0.657. The van der Waals surface area contributed by atoms with E-state index in [0.717, 1.165) is 25.0 Å². The Labute approximate surface area is 188 Å². The number of nitrogens with zero attached hydrogens (tertiary/aromatic N) is 2. The van der Waals surface area contributed by atoms with Gasteiger partial charge in [-0.05, 0) is 42.7 Å². The maximum Gasteiger partial charge on any atom is 0.226 e. The minimum absolute atomic E-state index is 0. The summed E-state index contributed by atoms with van der Waals surface area (Å²) in [4.78, 5) is 2.52. The summed E-state index contributed by atoms with van der Waals surface area (Å²) in [6.07, 6.45) is 0. The van der Waals surface area contributed by atoms with E-state index in [9.17, 15) is 8.42 Å². The highest BCUT2D eigenvalue weighted by Crippen LogP contribution is 2.32. The van der Waals surface area contributed by atoms with Crippen LogP contribution >= 0.6 is 12.4 Å². The van der Waals surface area contributed by atoms with E-state index in [1.807, 2.05) is 36.4 Å². The molecule has 1 heterocycles. The van der Waals surface area contributed by atoms with Crippen molar-refractivity contribution in [3.8, 4) is 5.75 Å². The second-order valence-corrected chi connectivity index (χ2v) is 8.93. The standard InChI is InChI=1S/C23H25N3O3S.ClH/c1-3-26(4-2)14-15-29-18-12-13-21-20(16-18)23(25-24-21)30(27,28)22-11-7-9-17-8-5-6-10-19(17)22;/h5-13,16H,3-4,14-15H2,1-2H3,(H,24,25);1H. The highest BCUT2D eigenvalue weighted by Gasteiger charge is 2.25. The number of nitrogens with one attached hydrogen (secondary N) is 1. The number of likely N-dealkylation sites (N-methyl/N-ethyl adjacent to an activating group) is 1. The molecule has 0 aliphatic rings. The first kappa shape index (κ1) is 23.1. The molecule has 0 radical (unpaired) electrons. The van der Waals surface area contributed by atoms with Gasteiger partial charge in [0, 0.05) is 17.3 Å². The topological polar surface area (TPSA) is 75.3 Å². The molecule has 0 fully saturated rings. The van der Waals surface area contributed by atoms with Crippen LogP contribution in [0.1, 0.15) is 13.8 Å². The molecule has 0 saturated heterocycles. The SMILES string of the molecule is CCN(CC)CCOc1ccc2[nH]nc(S(=O)(=O)c3cccc4ccccc34)c2c1.Cl. The van der Waals surface area contributed by atoms with Crippen molar-refractivity contribution in [3.05, 3.63) is 60.7 Å². The lowest BCUT2D eigenvalue weighted by molar-refractivity contribution is 0.223. The second kappa shape index (κ2) is 9.68. The summed E-state index contributed by atoms with van der Waals surface area (Å²) < 4.78 is 32.9. The Hall–Kier alpha value is -2.61. The second-order valence-electron chi connectivity index (χ2n) is 7.09. The van der Waals surface area contributed by atoms with E-state index in [1.54, 1.807) is 24.3 Å². The summed E-state index contributed by atoms with van der Waals surface area (Å²) in [5, 5.41) is 9.09. The third-order valence-corrected chi connectivity index (χ3v) is 7.12. The van der Waals surface area contributed by atoms with Gasteiger partial charge in [-0.2, -0.15) is 5.10 Å². The lowest BCUT2D eigenvalue weighted by Crippen LogP contribution is -2.27. The summed E-state index contributed by atoms with van der Waals surface area (Å²) >= 11 is 0. The van der Waals surface area contributed by atoms with Gasteiger partial charge in [-0.1, -0.05) is 50.2 Å². The van der Waals surface area contributed by atoms with Gasteiger partial charge in [0.15, 0.2) is 5.03 Å². The number of hydrogen-bond donors (Lipinski definition) is 1. The molecule has 4 rings (SSSR count). The van der Waals surface area contributed by atoms with Gasteiger partial charge in [0.25, 0.3) is 0 Å². The van der Waals surface area contributed by atoms with Crippen molar-refractivity contribution in [1.29, 1.82) is 0 Å². The molecule has 4 aromatic rings. The summed E-state index contributed by atoms with van der Waals surface area (Å²) in [5.74, 6) is 0.630. The van der Waals surface area contributed by atoms with Gasteiger partial charge in [-0.15, -0.1) is 12.4 Å². The average molecular weight is 460 g/mol. The zero-order valence-electron chi connectivity index (χ0n) is 17.5. The van der Waals surface area contributed by atoms with Crippen LogP contribution in [0.3, 0.4) is 0 Å². The number of aromatic nitrogens is 2. The Morgan fingerprint density at radius 1 is 0.968 bits per heavy atom. The Bertz CT molecular complexity index is 1280. The zero-order valence-corrected chi connectivity index (χ0v) is 19.2. The molecule has 0 aliphatic carbocycles. The van der Waals surface area contributed by atoms with Gasteiger partial charge in [0.2, 0.25) is 9.84 Å². The Morgan fingerprint density at radius 3 is 2.48 bits per heavy atom. The molecule has 164 valence electrons. The van der Waals surface area contributed by atoms with Crippen molar-refractivity contribution in [2.24, 2.45) is 0 Å². The number of sulfone groups is 1. The minimum atomic E-state index is -3.81. The number of rotatable bonds is 8.